The number of nitrogens with one attached hydrogen (secondary N) is 2. The van der Waals surface area contributed by atoms with Gasteiger partial charge in [-0.2, -0.15) is 0 Å². The number of benzene rings is 1. The first-order valence-corrected chi connectivity index (χ1v) is 7.20. The summed E-state index contributed by atoms with van der Waals surface area (Å²) in [6.45, 7) is 5.62. The van der Waals surface area contributed by atoms with E-state index in [0.29, 0.717) is 17.1 Å². The number of hydrogen-bond acceptors (Lipinski definition) is 3. The molecule has 0 saturated heterocycles. The Labute approximate surface area is 129 Å². The summed E-state index contributed by atoms with van der Waals surface area (Å²) in [7, 11) is 0. The van der Waals surface area contributed by atoms with Gasteiger partial charge in [-0.05, 0) is 37.0 Å². The van der Waals surface area contributed by atoms with Gasteiger partial charge in [0.25, 0.3) is 0 Å². The van der Waals surface area contributed by atoms with Crippen LogP contribution in [0.2, 0.25) is 5.02 Å². The molecular formula is C15H21ClN2O3. The number of carboxylic acid groups (broad SMARTS) is 1. The summed E-state index contributed by atoms with van der Waals surface area (Å²) in [6.07, 6.45) is 0.471. The van der Waals surface area contributed by atoms with Crippen LogP contribution in [0.1, 0.15) is 25.8 Å². The highest BCUT2D eigenvalue weighted by Crippen LogP contribution is 2.22. The summed E-state index contributed by atoms with van der Waals surface area (Å²) >= 11 is 5.98. The van der Waals surface area contributed by atoms with E-state index in [1.807, 2.05) is 20.8 Å². The first-order chi connectivity index (χ1) is 9.81. The second-order valence-corrected chi connectivity index (χ2v) is 5.77. The van der Waals surface area contributed by atoms with Gasteiger partial charge >= 0.3 is 5.97 Å². The number of amides is 1. The first kappa shape index (κ1) is 17.5. The van der Waals surface area contributed by atoms with Crippen LogP contribution in [0, 0.1) is 12.8 Å². The summed E-state index contributed by atoms with van der Waals surface area (Å²) < 4.78 is 0. The highest BCUT2D eigenvalue weighted by molar-refractivity contribution is 6.31. The van der Waals surface area contributed by atoms with Crippen LogP contribution in [-0.4, -0.2) is 29.6 Å². The number of carbonyl (C=O) groups excluding carboxylic acids is 1. The minimum Gasteiger partial charge on any atom is -0.480 e. The Morgan fingerprint density at radius 1 is 1.33 bits per heavy atom. The van der Waals surface area contributed by atoms with Crippen molar-refractivity contribution >= 4 is 29.2 Å². The molecule has 1 unspecified atom stereocenters. The predicted octanol–water partition coefficient (Wildman–Crippen LogP) is 2.68. The molecule has 5 nitrogen and oxygen atoms in total. The SMILES string of the molecule is Cc1c(Cl)cccc1NC(=O)CNC(CC(C)C)C(=O)O. The fraction of sp³-hybridized carbons (Fsp3) is 0.467. The molecule has 0 fully saturated rings. The maximum absolute atomic E-state index is 11.9. The summed E-state index contributed by atoms with van der Waals surface area (Å²) in [5.74, 6) is -1.01. The zero-order valence-electron chi connectivity index (χ0n) is 12.4. The van der Waals surface area contributed by atoms with Gasteiger partial charge in [-0.3, -0.25) is 14.9 Å². The van der Waals surface area contributed by atoms with E-state index < -0.39 is 12.0 Å². The summed E-state index contributed by atoms with van der Waals surface area (Å²) in [6, 6.07) is 4.52. The van der Waals surface area contributed by atoms with Gasteiger partial charge in [0.15, 0.2) is 0 Å². The fourth-order valence-corrected chi connectivity index (χ4v) is 2.07. The predicted molar refractivity (Wildman–Crippen MR) is 83.7 cm³/mol. The van der Waals surface area contributed by atoms with E-state index in [-0.39, 0.29) is 18.4 Å². The van der Waals surface area contributed by atoms with Crippen molar-refractivity contribution in [3.05, 3.63) is 28.8 Å². The van der Waals surface area contributed by atoms with E-state index in [4.69, 9.17) is 16.7 Å². The molecule has 3 N–H and O–H groups in total. The molecular weight excluding hydrogens is 292 g/mol. The fourth-order valence-electron chi connectivity index (χ4n) is 1.90. The minimum atomic E-state index is -0.949. The lowest BCUT2D eigenvalue weighted by atomic mass is 10.0. The van der Waals surface area contributed by atoms with Crippen molar-refractivity contribution in [2.75, 3.05) is 11.9 Å². The van der Waals surface area contributed by atoms with Crippen molar-refractivity contribution in [2.45, 2.75) is 33.2 Å². The molecule has 1 rings (SSSR count). The molecule has 6 heteroatoms. The number of aliphatic carboxylic acids is 1. The van der Waals surface area contributed by atoms with Crippen molar-refractivity contribution < 1.29 is 14.7 Å². The van der Waals surface area contributed by atoms with E-state index in [1.54, 1.807) is 18.2 Å². The quantitative estimate of drug-likeness (QED) is 0.723. The van der Waals surface area contributed by atoms with Crippen LogP contribution in [0.4, 0.5) is 5.69 Å². The molecule has 116 valence electrons. The van der Waals surface area contributed by atoms with Crippen molar-refractivity contribution in [2.24, 2.45) is 5.92 Å². The van der Waals surface area contributed by atoms with Gasteiger partial charge in [-0.1, -0.05) is 31.5 Å². The third-order valence-corrected chi connectivity index (χ3v) is 3.47. The van der Waals surface area contributed by atoms with Crippen LogP contribution < -0.4 is 10.6 Å². The molecule has 1 amide bonds. The van der Waals surface area contributed by atoms with E-state index in [1.165, 1.54) is 0 Å². The Balaban J connectivity index is 2.57. The van der Waals surface area contributed by atoms with Crippen LogP contribution in [0.25, 0.3) is 0 Å². The van der Waals surface area contributed by atoms with Crippen LogP contribution in [0.5, 0.6) is 0 Å². The zero-order valence-corrected chi connectivity index (χ0v) is 13.2. The average molecular weight is 313 g/mol. The molecule has 0 saturated carbocycles. The zero-order chi connectivity index (χ0) is 16.0. The first-order valence-electron chi connectivity index (χ1n) is 6.82. The average Bonchev–Trinajstić information content (AvgIpc) is 2.39. The number of anilines is 1. The Morgan fingerprint density at radius 3 is 2.57 bits per heavy atom. The number of carbonyl (C=O) groups is 2. The van der Waals surface area contributed by atoms with Gasteiger partial charge in [0.05, 0.1) is 6.54 Å². The van der Waals surface area contributed by atoms with E-state index >= 15 is 0 Å². The maximum Gasteiger partial charge on any atom is 0.320 e. The Morgan fingerprint density at radius 2 is 2.00 bits per heavy atom. The van der Waals surface area contributed by atoms with E-state index in [0.717, 1.165) is 5.56 Å². The molecule has 0 radical (unpaired) electrons. The van der Waals surface area contributed by atoms with E-state index in [2.05, 4.69) is 10.6 Å². The lowest BCUT2D eigenvalue weighted by Gasteiger charge is -2.16. The van der Waals surface area contributed by atoms with Crippen molar-refractivity contribution in [3.63, 3.8) is 0 Å². The third-order valence-electron chi connectivity index (χ3n) is 3.06. The van der Waals surface area contributed by atoms with Crippen molar-refractivity contribution in [3.8, 4) is 0 Å². The smallest absolute Gasteiger partial charge is 0.320 e. The number of carboxylic acids is 1. The van der Waals surface area contributed by atoms with Gasteiger partial charge in [0.2, 0.25) is 5.91 Å². The molecule has 0 aromatic heterocycles. The molecule has 0 aliphatic rings. The Hall–Kier alpha value is -1.59. The van der Waals surface area contributed by atoms with Gasteiger partial charge in [0, 0.05) is 10.7 Å². The summed E-state index contributed by atoms with van der Waals surface area (Å²) in [5, 5.41) is 15.1. The highest BCUT2D eigenvalue weighted by Gasteiger charge is 2.19. The molecule has 21 heavy (non-hydrogen) atoms. The number of halogens is 1. The van der Waals surface area contributed by atoms with Crippen molar-refractivity contribution in [1.29, 1.82) is 0 Å². The largest absolute Gasteiger partial charge is 0.480 e. The highest BCUT2D eigenvalue weighted by atomic mass is 35.5. The topological polar surface area (TPSA) is 78.4 Å². The van der Waals surface area contributed by atoms with E-state index in [9.17, 15) is 9.59 Å². The molecule has 1 aromatic rings. The lowest BCUT2D eigenvalue weighted by Crippen LogP contribution is -2.42. The third kappa shape index (κ3) is 5.73. The second kappa shape index (κ2) is 8.00. The molecule has 0 heterocycles. The van der Waals surface area contributed by atoms with Crippen LogP contribution in [0.3, 0.4) is 0 Å². The molecule has 0 aliphatic heterocycles. The van der Waals surface area contributed by atoms with Gasteiger partial charge < -0.3 is 10.4 Å². The second-order valence-electron chi connectivity index (χ2n) is 5.36. The minimum absolute atomic E-state index is 0.0599. The normalized spacial score (nSPS) is 12.2. The van der Waals surface area contributed by atoms with Crippen LogP contribution in [-0.2, 0) is 9.59 Å². The summed E-state index contributed by atoms with van der Waals surface area (Å²) in [5.41, 5.74) is 1.41. The van der Waals surface area contributed by atoms with Crippen molar-refractivity contribution in [1.82, 2.24) is 5.32 Å². The van der Waals surface area contributed by atoms with Gasteiger partial charge in [-0.15, -0.1) is 0 Å². The summed E-state index contributed by atoms with van der Waals surface area (Å²) in [4.78, 5) is 23.0. The molecule has 0 spiro atoms. The lowest BCUT2D eigenvalue weighted by molar-refractivity contribution is -0.139. The van der Waals surface area contributed by atoms with Crippen LogP contribution >= 0.6 is 11.6 Å². The van der Waals surface area contributed by atoms with Gasteiger partial charge in [0.1, 0.15) is 6.04 Å². The molecule has 0 bridgehead atoms. The number of hydrogen-bond donors (Lipinski definition) is 3. The Kier molecular flexibility index (Phi) is 6.65. The number of rotatable bonds is 7. The van der Waals surface area contributed by atoms with Gasteiger partial charge in [-0.25, -0.2) is 0 Å². The molecule has 1 atom stereocenters. The maximum atomic E-state index is 11.9. The molecule has 1 aromatic carbocycles. The van der Waals surface area contributed by atoms with Crippen LogP contribution in [0.15, 0.2) is 18.2 Å². The standard InChI is InChI=1S/C15H21ClN2O3/c1-9(2)7-13(15(20)21)17-8-14(19)18-12-6-4-5-11(16)10(12)3/h4-6,9,13,17H,7-8H2,1-3H3,(H,18,19)(H,20,21). The molecule has 0 aliphatic carbocycles. The Bertz CT molecular complexity index is 518. The monoisotopic (exact) mass is 312 g/mol.